The SMILES string of the molecule is O=C(Cc1ccnc2ccccc12)c1ncccc1F. The third kappa shape index (κ3) is 2.28. The van der Waals surface area contributed by atoms with Gasteiger partial charge in [0.25, 0.3) is 0 Å². The van der Waals surface area contributed by atoms with Crippen LogP contribution in [0.25, 0.3) is 10.9 Å². The van der Waals surface area contributed by atoms with Crippen molar-refractivity contribution in [1.29, 1.82) is 0 Å². The summed E-state index contributed by atoms with van der Waals surface area (Å²) < 4.78 is 13.6. The van der Waals surface area contributed by atoms with Crippen LogP contribution < -0.4 is 0 Å². The molecule has 20 heavy (non-hydrogen) atoms. The summed E-state index contributed by atoms with van der Waals surface area (Å²) in [5, 5.41) is 0.902. The Labute approximate surface area is 115 Å². The van der Waals surface area contributed by atoms with E-state index in [-0.39, 0.29) is 17.9 Å². The molecule has 0 aliphatic carbocycles. The number of fused-ring (bicyclic) bond motifs is 1. The topological polar surface area (TPSA) is 42.9 Å². The maximum Gasteiger partial charge on any atom is 0.188 e. The van der Waals surface area contributed by atoms with Gasteiger partial charge in [0.2, 0.25) is 0 Å². The van der Waals surface area contributed by atoms with Crippen molar-refractivity contribution in [2.24, 2.45) is 0 Å². The molecule has 0 bridgehead atoms. The number of para-hydroxylation sites is 1. The molecule has 0 saturated heterocycles. The maximum absolute atomic E-state index is 13.6. The highest BCUT2D eigenvalue weighted by molar-refractivity contribution is 5.98. The average Bonchev–Trinajstić information content (AvgIpc) is 2.48. The Morgan fingerprint density at radius 3 is 2.70 bits per heavy atom. The van der Waals surface area contributed by atoms with Crippen LogP contribution in [0.2, 0.25) is 0 Å². The largest absolute Gasteiger partial charge is 0.292 e. The second kappa shape index (κ2) is 5.17. The van der Waals surface area contributed by atoms with Gasteiger partial charge in [-0.2, -0.15) is 0 Å². The molecule has 0 N–H and O–H groups in total. The molecule has 0 radical (unpaired) electrons. The Morgan fingerprint density at radius 1 is 1.00 bits per heavy atom. The van der Waals surface area contributed by atoms with Gasteiger partial charge in [-0.3, -0.25) is 14.8 Å². The molecule has 0 aliphatic heterocycles. The molecule has 98 valence electrons. The van der Waals surface area contributed by atoms with Gasteiger partial charge < -0.3 is 0 Å². The molecule has 3 rings (SSSR count). The summed E-state index contributed by atoms with van der Waals surface area (Å²) >= 11 is 0. The number of carbonyl (C=O) groups excluding carboxylic acids is 1. The third-order valence-electron chi connectivity index (χ3n) is 3.11. The zero-order chi connectivity index (χ0) is 13.9. The van der Waals surface area contributed by atoms with Crippen LogP contribution in [0.3, 0.4) is 0 Å². The Balaban J connectivity index is 1.98. The van der Waals surface area contributed by atoms with Crippen molar-refractivity contribution >= 4 is 16.7 Å². The van der Waals surface area contributed by atoms with Crippen molar-refractivity contribution in [3.63, 3.8) is 0 Å². The highest BCUT2D eigenvalue weighted by Gasteiger charge is 2.14. The molecule has 0 spiro atoms. The monoisotopic (exact) mass is 266 g/mol. The van der Waals surface area contributed by atoms with E-state index in [1.54, 1.807) is 12.3 Å². The van der Waals surface area contributed by atoms with Crippen molar-refractivity contribution in [2.75, 3.05) is 0 Å². The summed E-state index contributed by atoms with van der Waals surface area (Å²) in [6, 6.07) is 12.0. The van der Waals surface area contributed by atoms with Gasteiger partial charge in [-0.1, -0.05) is 18.2 Å². The van der Waals surface area contributed by atoms with Crippen LogP contribution >= 0.6 is 0 Å². The lowest BCUT2D eigenvalue weighted by Crippen LogP contribution is -2.09. The highest BCUT2D eigenvalue weighted by atomic mass is 19.1. The van der Waals surface area contributed by atoms with Crippen molar-refractivity contribution in [2.45, 2.75) is 6.42 Å². The summed E-state index contributed by atoms with van der Waals surface area (Å²) in [5.74, 6) is -0.921. The molecule has 4 heteroatoms. The van der Waals surface area contributed by atoms with E-state index in [4.69, 9.17) is 0 Å². The quantitative estimate of drug-likeness (QED) is 0.684. The first kappa shape index (κ1) is 12.4. The lowest BCUT2D eigenvalue weighted by Gasteiger charge is -2.05. The van der Waals surface area contributed by atoms with Gasteiger partial charge in [0.1, 0.15) is 5.69 Å². The molecular formula is C16H11FN2O. The van der Waals surface area contributed by atoms with E-state index in [0.29, 0.717) is 0 Å². The summed E-state index contributed by atoms with van der Waals surface area (Å²) in [6.07, 6.45) is 3.18. The molecule has 0 atom stereocenters. The van der Waals surface area contributed by atoms with Gasteiger partial charge in [-0.25, -0.2) is 4.39 Å². The number of Topliss-reactive ketones (excluding diaryl/α,β-unsaturated/α-hetero) is 1. The van der Waals surface area contributed by atoms with Crippen molar-refractivity contribution in [3.05, 3.63) is 71.9 Å². The van der Waals surface area contributed by atoms with Gasteiger partial charge in [-0.15, -0.1) is 0 Å². The second-order valence-electron chi connectivity index (χ2n) is 4.42. The van der Waals surface area contributed by atoms with Crippen LogP contribution in [0, 0.1) is 5.82 Å². The predicted octanol–water partition coefficient (Wildman–Crippen LogP) is 3.19. The van der Waals surface area contributed by atoms with Crippen LogP contribution in [0.5, 0.6) is 0 Å². The number of benzene rings is 1. The van der Waals surface area contributed by atoms with E-state index >= 15 is 0 Å². The first-order chi connectivity index (χ1) is 9.75. The van der Waals surface area contributed by atoms with Gasteiger partial charge >= 0.3 is 0 Å². The molecule has 2 aromatic heterocycles. The number of pyridine rings is 2. The number of nitrogens with zero attached hydrogens (tertiary/aromatic N) is 2. The zero-order valence-corrected chi connectivity index (χ0v) is 10.6. The Bertz CT molecular complexity index is 781. The summed E-state index contributed by atoms with van der Waals surface area (Å²) in [6.45, 7) is 0. The molecule has 0 amide bonds. The minimum absolute atomic E-state index is 0.108. The van der Waals surface area contributed by atoms with Gasteiger partial charge in [-0.05, 0) is 29.8 Å². The van der Waals surface area contributed by atoms with Gasteiger partial charge in [0, 0.05) is 24.2 Å². The van der Waals surface area contributed by atoms with Crippen molar-refractivity contribution in [3.8, 4) is 0 Å². The molecule has 3 nitrogen and oxygen atoms in total. The van der Waals surface area contributed by atoms with Crippen LogP contribution in [0.4, 0.5) is 4.39 Å². The molecule has 3 aromatic rings. The number of halogens is 1. The van der Waals surface area contributed by atoms with Crippen LogP contribution in [0.15, 0.2) is 54.9 Å². The van der Waals surface area contributed by atoms with E-state index in [1.165, 1.54) is 18.3 Å². The molecule has 0 fully saturated rings. The molecule has 0 aliphatic rings. The smallest absolute Gasteiger partial charge is 0.188 e. The lowest BCUT2D eigenvalue weighted by atomic mass is 10.0. The second-order valence-corrected chi connectivity index (χ2v) is 4.42. The Hall–Kier alpha value is -2.62. The minimum atomic E-state index is -0.587. The molecule has 1 aromatic carbocycles. The minimum Gasteiger partial charge on any atom is -0.292 e. The lowest BCUT2D eigenvalue weighted by molar-refractivity contribution is 0.0984. The predicted molar refractivity (Wildman–Crippen MR) is 74.0 cm³/mol. The maximum atomic E-state index is 13.6. The Kier molecular flexibility index (Phi) is 3.21. The fraction of sp³-hybridized carbons (Fsp3) is 0.0625. The van der Waals surface area contributed by atoms with Crippen molar-refractivity contribution < 1.29 is 9.18 Å². The molecule has 0 unspecified atom stereocenters. The van der Waals surface area contributed by atoms with Gasteiger partial charge in [0.05, 0.1) is 5.52 Å². The number of carbonyl (C=O) groups is 1. The van der Waals surface area contributed by atoms with E-state index in [0.717, 1.165) is 16.5 Å². The van der Waals surface area contributed by atoms with Crippen molar-refractivity contribution in [1.82, 2.24) is 9.97 Å². The first-order valence-electron chi connectivity index (χ1n) is 6.22. The highest BCUT2D eigenvalue weighted by Crippen LogP contribution is 2.18. The average molecular weight is 266 g/mol. The molecule has 0 saturated carbocycles. The van der Waals surface area contributed by atoms with Crippen LogP contribution in [-0.2, 0) is 6.42 Å². The number of rotatable bonds is 3. The molecule has 2 heterocycles. The number of hydrogen-bond donors (Lipinski definition) is 0. The normalized spacial score (nSPS) is 10.7. The van der Waals surface area contributed by atoms with E-state index < -0.39 is 5.82 Å². The van der Waals surface area contributed by atoms with E-state index in [2.05, 4.69) is 9.97 Å². The zero-order valence-electron chi connectivity index (χ0n) is 10.6. The van der Waals surface area contributed by atoms with E-state index in [9.17, 15) is 9.18 Å². The van der Waals surface area contributed by atoms with Crippen LogP contribution in [-0.4, -0.2) is 15.8 Å². The van der Waals surface area contributed by atoms with E-state index in [1.807, 2.05) is 24.3 Å². The van der Waals surface area contributed by atoms with Gasteiger partial charge in [0.15, 0.2) is 11.6 Å². The standard InChI is InChI=1S/C16H11FN2O/c17-13-5-3-8-19-16(13)15(20)10-11-7-9-18-14-6-2-1-4-12(11)14/h1-9H,10H2. The molecular weight excluding hydrogens is 255 g/mol. The summed E-state index contributed by atoms with van der Waals surface area (Å²) in [5.41, 5.74) is 1.53. The number of ketones is 1. The van der Waals surface area contributed by atoms with Crippen LogP contribution in [0.1, 0.15) is 16.1 Å². The summed E-state index contributed by atoms with van der Waals surface area (Å²) in [4.78, 5) is 20.2. The number of aromatic nitrogens is 2. The first-order valence-corrected chi connectivity index (χ1v) is 6.22. The Morgan fingerprint density at radius 2 is 1.85 bits per heavy atom. The third-order valence-corrected chi connectivity index (χ3v) is 3.11. The fourth-order valence-electron chi connectivity index (χ4n) is 2.16. The summed E-state index contributed by atoms with van der Waals surface area (Å²) in [7, 11) is 0. The fourth-order valence-corrected chi connectivity index (χ4v) is 2.16. The number of hydrogen-bond acceptors (Lipinski definition) is 3.